The van der Waals surface area contributed by atoms with Gasteiger partial charge in [-0.25, -0.2) is 4.79 Å². The molecule has 0 aliphatic rings. The van der Waals surface area contributed by atoms with E-state index in [1.54, 1.807) is 0 Å². The molecule has 2 unspecified atom stereocenters. The minimum atomic E-state index is -0.535. The van der Waals surface area contributed by atoms with E-state index >= 15 is 0 Å². The molecule has 0 saturated carbocycles. The van der Waals surface area contributed by atoms with Crippen molar-refractivity contribution in [1.82, 2.24) is 10.6 Å². The number of aliphatic hydroxyl groups excluding tert-OH is 1. The van der Waals surface area contributed by atoms with Crippen molar-refractivity contribution < 1.29 is 9.90 Å². The molecular formula is C12H26N2O2. The second-order valence-corrected chi connectivity index (χ2v) is 5.77. The van der Waals surface area contributed by atoms with E-state index in [1.807, 2.05) is 27.7 Å². The zero-order chi connectivity index (χ0) is 12.9. The maximum atomic E-state index is 11.5. The third-order valence-corrected chi connectivity index (χ3v) is 2.81. The second kappa shape index (κ2) is 6.09. The molecule has 0 aromatic carbocycles. The van der Waals surface area contributed by atoms with Crippen LogP contribution in [-0.4, -0.2) is 29.8 Å². The van der Waals surface area contributed by atoms with Crippen LogP contribution in [0, 0.1) is 11.3 Å². The minimum absolute atomic E-state index is 0.131. The molecule has 3 N–H and O–H groups in total. The van der Waals surface area contributed by atoms with Crippen LogP contribution in [0.1, 0.15) is 41.5 Å². The molecule has 2 amide bonds. The van der Waals surface area contributed by atoms with Crippen molar-refractivity contribution in [2.75, 3.05) is 6.54 Å². The van der Waals surface area contributed by atoms with Crippen LogP contribution in [-0.2, 0) is 0 Å². The van der Waals surface area contributed by atoms with Crippen molar-refractivity contribution in [2.45, 2.75) is 53.7 Å². The summed E-state index contributed by atoms with van der Waals surface area (Å²) in [4.78, 5) is 11.5. The quantitative estimate of drug-likeness (QED) is 0.689. The SMILES string of the molecule is CC(C)C(C)NC(=O)NCC(O)C(C)(C)C. The second-order valence-electron chi connectivity index (χ2n) is 5.77. The smallest absolute Gasteiger partial charge is 0.315 e. The molecule has 0 saturated heterocycles. The highest BCUT2D eigenvalue weighted by atomic mass is 16.3. The molecule has 0 radical (unpaired) electrons. The summed E-state index contributed by atoms with van der Waals surface area (Å²) in [5.74, 6) is 0.401. The third-order valence-electron chi connectivity index (χ3n) is 2.81. The highest BCUT2D eigenvalue weighted by Gasteiger charge is 2.22. The van der Waals surface area contributed by atoms with E-state index < -0.39 is 6.10 Å². The van der Waals surface area contributed by atoms with E-state index in [9.17, 15) is 9.90 Å². The van der Waals surface area contributed by atoms with E-state index in [4.69, 9.17) is 0 Å². The Morgan fingerprint density at radius 3 is 2.12 bits per heavy atom. The Labute approximate surface area is 98.8 Å². The summed E-state index contributed by atoms with van der Waals surface area (Å²) >= 11 is 0. The van der Waals surface area contributed by atoms with Crippen LogP contribution in [0.5, 0.6) is 0 Å². The van der Waals surface area contributed by atoms with E-state index in [1.165, 1.54) is 0 Å². The monoisotopic (exact) mass is 230 g/mol. The molecule has 0 rings (SSSR count). The summed E-state index contributed by atoms with van der Waals surface area (Å²) in [5, 5.41) is 15.2. The van der Waals surface area contributed by atoms with Gasteiger partial charge in [-0.3, -0.25) is 0 Å². The summed E-state index contributed by atoms with van der Waals surface area (Å²) in [7, 11) is 0. The molecule has 4 heteroatoms. The highest BCUT2D eigenvalue weighted by molar-refractivity contribution is 5.74. The van der Waals surface area contributed by atoms with Crippen LogP contribution < -0.4 is 10.6 Å². The molecular weight excluding hydrogens is 204 g/mol. The van der Waals surface area contributed by atoms with E-state index in [-0.39, 0.29) is 24.0 Å². The molecule has 0 spiro atoms. The Kier molecular flexibility index (Phi) is 5.79. The normalized spacial score (nSPS) is 15.8. The van der Waals surface area contributed by atoms with Gasteiger partial charge in [-0.05, 0) is 18.3 Å². The fourth-order valence-electron chi connectivity index (χ4n) is 0.920. The molecule has 0 aromatic heterocycles. The van der Waals surface area contributed by atoms with Gasteiger partial charge in [0, 0.05) is 12.6 Å². The lowest BCUT2D eigenvalue weighted by atomic mass is 9.89. The Morgan fingerprint density at radius 2 is 1.75 bits per heavy atom. The predicted molar refractivity (Wildman–Crippen MR) is 66.3 cm³/mol. The first-order valence-electron chi connectivity index (χ1n) is 5.87. The van der Waals surface area contributed by atoms with E-state index in [0.29, 0.717) is 5.92 Å². The van der Waals surface area contributed by atoms with Gasteiger partial charge in [0.15, 0.2) is 0 Å². The number of hydrogen-bond donors (Lipinski definition) is 3. The predicted octanol–water partition coefficient (Wildman–Crippen LogP) is 1.74. The number of rotatable bonds is 4. The molecule has 0 heterocycles. The highest BCUT2D eigenvalue weighted by Crippen LogP contribution is 2.17. The topological polar surface area (TPSA) is 61.4 Å². The maximum Gasteiger partial charge on any atom is 0.315 e. The summed E-state index contributed by atoms with van der Waals surface area (Å²) in [6.45, 7) is 12.2. The molecule has 0 aromatic rings. The average molecular weight is 230 g/mol. The molecule has 2 atom stereocenters. The first-order valence-corrected chi connectivity index (χ1v) is 5.87. The lowest BCUT2D eigenvalue weighted by Gasteiger charge is -2.26. The van der Waals surface area contributed by atoms with Crippen molar-refractivity contribution in [3.63, 3.8) is 0 Å². The molecule has 0 fully saturated rings. The summed E-state index contributed by atoms with van der Waals surface area (Å²) in [5.41, 5.74) is -0.211. The molecule has 0 aliphatic carbocycles. The van der Waals surface area contributed by atoms with Gasteiger partial charge in [0.1, 0.15) is 0 Å². The van der Waals surface area contributed by atoms with Crippen molar-refractivity contribution in [2.24, 2.45) is 11.3 Å². The lowest BCUT2D eigenvalue weighted by Crippen LogP contribution is -2.47. The first kappa shape index (κ1) is 15.2. The number of carbonyl (C=O) groups excluding carboxylic acids is 1. The van der Waals surface area contributed by atoms with Gasteiger partial charge < -0.3 is 15.7 Å². The number of aliphatic hydroxyl groups is 1. The van der Waals surface area contributed by atoms with Gasteiger partial charge in [0.2, 0.25) is 0 Å². The standard InChI is InChI=1S/C12H26N2O2/c1-8(2)9(3)14-11(16)13-7-10(15)12(4,5)6/h8-10,15H,7H2,1-6H3,(H2,13,14,16). The van der Waals surface area contributed by atoms with Gasteiger partial charge in [-0.2, -0.15) is 0 Å². The maximum absolute atomic E-state index is 11.5. The van der Waals surface area contributed by atoms with E-state index in [0.717, 1.165) is 0 Å². The number of amides is 2. The Hall–Kier alpha value is -0.770. The van der Waals surface area contributed by atoms with Gasteiger partial charge in [-0.1, -0.05) is 34.6 Å². The minimum Gasteiger partial charge on any atom is -0.391 e. The zero-order valence-corrected chi connectivity index (χ0v) is 11.3. The van der Waals surface area contributed by atoms with Crippen molar-refractivity contribution in [1.29, 1.82) is 0 Å². The van der Waals surface area contributed by atoms with E-state index in [2.05, 4.69) is 24.5 Å². The number of nitrogens with one attached hydrogen (secondary N) is 2. The fourth-order valence-corrected chi connectivity index (χ4v) is 0.920. The van der Waals surface area contributed by atoms with Crippen molar-refractivity contribution in [3.8, 4) is 0 Å². The first-order chi connectivity index (χ1) is 7.14. The van der Waals surface area contributed by atoms with Crippen LogP contribution in [0.3, 0.4) is 0 Å². The van der Waals surface area contributed by atoms with Crippen LogP contribution in [0.4, 0.5) is 4.79 Å². The van der Waals surface area contributed by atoms with Gasteiger partial charge in [0.05, 0.1) is 6.10 Å². The molecule has 0 aliphatic heterocycles. The Balaban J connectivity index is 3.91. The molecule has 0 bridgehead atoms. The zero-order valence-electron chi connectivity index (χ0n) is 11.3. The molecule has 4 nitrogen and oxygen atoms in total. The number of carbonyl (C=O) groups is 1. The van der Waals surface area contributed by atoms with Gasteiger partial charge in [-0.15, -0.1) is 0 Å². The summed E-state index contributed by atoms with van der Waals surface area (Å²) in [6, 6.07) is -0.0868. The number of hydrogen-bond acceptors (Lipinski definition) is 2. The van der Waals surface area contributed by atoms with Crippen LogP contribution in [0.15, 0.2) is 0 Å². The summed E-state index contributed by atoms with van der Waals surface area (Å²) < 4.78 is 0. The number of urea groups is 1. The van der Waals surface area contributed by atoms with Gasteiger partial charge in [0.25, 0.3) is 0 Å². The Morgan fingerprint density at radius 1 is 1.25 bits per heavy atom. The average Bonchev–Trinajstić information content (AvgIpc) is 2.12. The molecule has 16 heavy (non-hydrogen) atoms. The van der Waals surface area contributed by atoms with Crippen LogP contribution in [0.25, 0.3) is 0 Å². The largest absolute Gasteiger partial charge is 0.391 e. The third kappa shape index (κ3) is 5.95. The van der Waals surface area contributed by atoms with Crippen LogP contribution >= 0.6 is 0 Å². The van der Waals surface area contributed by atoms with Crippen molar-refractivity contribution in [3.05, 3.63) is 0 Å². The van der Waals surface area contributed by atoms with Gasteiger partial charge >= 0.3 is 6.03 Å². The lowest BCUT2D eigenvalue weighted by molar-refractivity contribution is 0.0648. The Bertz CT molecular complexity index is 222. The summed E-state index contributed by atoms with van der Waals surface area (Å²) in [6.07, 6.45) is -0.535. The van der Waals surface area contributed by atoms with Crippen LogP contribution in [0.2, 0.25) is 0 Å². The fraction of sp³-hybridized carbons (Fsp3) is 0.917. The molecule has 96 valence electrons. The van der Waals surface area contributed by atoms with Crippen molar-refractivity contribution >= 4 is 6.03 Å².